The highest BCUT2D eigenvalue weighted by Crippen LogP contribution is 2.36. The molecule has 1 saturated heterocycles. The monoisotopic (exact) mass is 560 g/mol. The summed E-state index contributed by atoms with van der Waals surface area (Å²) in [7, 11) is 1.93. The lowest BCUT2D eigenvalue weighted by molar-refractivity contribution is -0.144. The molecular weight excluding hydrogens is 524 g/mol. The minimum Gasteiger partial charge on any atom is -0.475 e. The highest BCUT2D eigenvalue weighted by atomic mass is 16.5. The van der Waals surface area contributed by atoms with Gasteiger partial charge in [-0.3, -0.25) is 9.48 Å². The highest BCUT2D eigenvalue weighted by Gasteiger charge is 2.24. The van der Waals surface area contributed by atoms with Crippen molar-refractivity contribution in [3.8, 4) is 17.0 Å². The molecule has 2 bridgehead atoms. The zero-order valence-corrected chi connectivity index (χ0v) is 24.0. The average molecular weight is 561 g/mol. The van der Waals surface area contributed by atoms with Gasteiger partial charge in [0.25, 0.3) is 0 Å². The van der Waals surface area contributed by atoms with Gasteiger partial charge >= 0.3 is 5.97 Å². The van der Waals surface area contributed by atoms with Gasteiger partial charge in [-0.15, -0.1) is 0 Å². The van der Waals surface area contributed by atoms with Crippen molar-refractivity contribution in [1.29, 1.82) is 0 Å². The Morgan fingerprint density at radius 1 is 1.12 bits per heavy atom. The summed E-state index contributed by atoms with van der Waals surface area (Å²) in [6.07, 6.45) is 8.57. The molecule has 0 amide bonds. The third-order valence-corrected chi connectivity index (χ3v) is 7.65. The van der Waals surface area contributed by atoms with Gasteiger partial charge in [-0.05, 0) is 69.9 Å². The smallest absolute Gasteiger partial charge is 0.327 e. The maximum atomic E-state index is 12.3. The third kappa shape index (κ3) is 5.27. The Morgan fingerprint density at radius 3 is 2.80 bits per heavy atom. The minimum atomic E-state index is -0.375. The zero-order valence-electron chi connectivity index (χ0n) is 24.0. The average Bonchev–Trinajstić information content (AvgIpc) is 3.62. The summed E-state index contributed by atoms with van der Waals surface area (Å²) in [5, 5.41) is 15.2. The van der Waals surface area contributed by atoms with Crippen LogP contribution in [-0.4, -0.2) is 61.7 Å². The van der Waals surface area contributed by atoms with Crippen LogP contribution >= 0.6 is 0 Å². The molecule has 0 radical (unpaired) electrons. The summed E-state index contributed by atoms with van der Waals surface area (Å²) in [4.78, 5) is 12.3. The van der Waals surface area contributed by atoms with Crippen LogP contribution < -0.4 is 4.74 Å². The summed E-state index contributed by atoms with van der Waals surface area (Å²) >= 11 is 0. The van der Waals surface area contributed by atoms with E-state index in [0.717, 1.165) is 70.5 Å². The van der Waals surface area contributed by atoms with E-state index in [1.165, 1.54) is 0 Å². The standard InChI is InChI=1S/C30H36N6O5/c1-5-38-28(37)18-35-30-22(19(2)32-35)10-11-25-23-16-21(9-12-26(23)36(33-25)27-8-6-7-13-40-27)24-17-31-34(4)29(24)20(3)39-14-15-41-30/h9-12,16-17,20,27H,5-8,13-15,18H2,1-4H3. The summed E-state index contributed by atoms with van der Waals surface area (Å²) in [6, 6.07) is 6.40. The van der Waals surface area contributed by atoms with Crippen LogP contribution in [0, 0.1) is 6.92 Å². The van der Waals surface area contributed by atoms with Gasteiger partial charge in [0.15, 0.2) is 6.23 Å². The van der Waals surface area contributed by atoms with Gasteiger partial charge in [0.2, 0.25) is 5.88 Å². The Bertz CT molecular complexity index is 1590. The number of aryl methyl sites for hydroxylation is 2. The first-order chi connectivity index (χ1) is 19.9. The Hall–Kier alpha value is -3.96. The summed E-state index contributed by atoms with van der Waals surface area (Å²) < 4.78 is 29.1. The number of rotatable bonds is 4. The molecule has 3 aromatic heterocycles. The molecule has 4 aromatic rings. The van der Waals surface area contributed by atoms with Gasteiger partial charge in [0.05, 0.1) is 53.7 Å². The molecule has 2 aliphatic rings. The van der Waals surface area contributed by atoms with E-state index in [1.807, 2.05) is 48.6 Å². The van der Waals surface area contributed by atoms with Crippen LogP contribution in [-0.2, 0) is 32.6 Å². The largest absolute Gasteiger partial charge is 0.475 e. The van der Waals surface area contributed by atoms with Gasteiger partial charge in [-0.1, -0.05) is 6.07 Å². The fourth-order valence-electron chi connectivity index (χ4n) is 5.70. The van der Waals surface area contributed by atoms with Crippen LogP contribution in [0.2, 0.25) is 0 Å². The Morgan fingerprint density at radius 2 is 2.00 bits per heavy atom. The minimum absolute atomic E-state index is 0.0482. The quantitative estimate of drug-likeness (QED) is 0.326. The van der Waals surface area contributed by atoms with E-state index in [2.05, 4.69) is 28.4 Å². The van der Waals surface area contributed by atoms with Crippen LogP contribution in [0.3, 0.4) is 0 Å². The lowest BCUT2D eigenvalue weighted by atomic mass is 10.0. The molecule has 11 nitrogen and oxygen atoms in total. The van der Waals surface area contributed by atoms with E-state index in [1.54, 1.807) is 11.6 Å². The van der Waals surface area contributed by atoms with E-state index >= 15 is 0 Å². The molecule has 2 unspecified atom stereocenters. The molecule has 0 N–H and O–H groups in total. The number of carbonyl (C=O) groups is 1. The maximum absolute atomic E-state index is 12.3. The molecule has 2 atom stereocenters. The second kappa shape index (κ2) is 11.5. The second-order valence-electron chi connectivity index (χ2n) is 10.4. The van der Waals surface area contributed by atoms with E-state index in [0.29, 0.717) is 19.1 Å². The Balaban J connectivity index is 1.50. The predicted molar refractivity (Wildman–Crippen MR) is 153 cm³/mol. The van der Waals surface area contributed by atoms with Crippen molar-refractivity contribution in [2.45, 2.75) is 58.9 Å². The van der Waals surface area contributed by atoms with Gasteiger partial charge < -0.3 is 18.9 Å². The van der Waals surface area contributed by atoms with Crippen molar-refractivity contribution in [3.05, 3.63) is 47.0 Å². The first kappa shape index (κ1) is 27.2. The number of fused-ring (bicyclic) bond motifs is 4. The van der Waals surface area contributed by atoms with Crippen LogP contribution in [0.5, 0.6) is 5.88 Å². The van der Waals surface area contributed by atoms with Gasteiger partial charge in [-0.2, -0.15) is 15.3 Å². The first-order valence-corrected chi connectivity index (χ1v) is 14.3. The summed E-state index contributed by atoms with van der Waals surface area (Å²) in [5.74, 6) is 0.110. The highest BCUT2D eigenvalue weighted by molar-refractivity contribution is 5.93. The fraction of sp³-hybridized carbons (Fsp3) is 0.467. The third-order valence-electron chi connectivity index (χ3n) is 7.65. The number of ether oxygens (including phenoxy) is 4. The molecule has 5 heterocycles. The molecule has 6 rings (SSSR count). The number of esters is 1. The van der Waals surface area contributed by atoms with Crippen LogP contribution in [0.25, 0.3) is 34.2 Å². The van der Waals surface area contributed by atoms with Crippen molar-refractivity contribution < 1.29 is 23.7 Å². The van der Waals surface area contributed by atoms with Crippen molar-refractivity contribution >= 4 is 29.0 Å². The molecule has 0 spiro atoms. The molecule has 1 fully saturated rings. The molecule has 0 aliphatic carbocycles. The van der Waals surface area contributed by atoms with Gasteiger partial charge in [-0.25, -0.2) is 9.36 Å². The van der Waals surface area contributed by atoms with Gasteiger partial charge in [0.1, 0.15) is 13.2 Å². The maximum Gasteiger partial charge on any atom is 0.327 e. The summed E-state index contributed by atoms with van der Waals surface area (Å²) in [5.41, 5.74) is 6.35. The number of hydrogen-bond acceptors (Lipinski definition) is 8. The van der Waals surface area contributed by atoms with Crippen LogP contribution in [0.4, 0.5) is 0 Å². The van der Waals surface area contributed by atoms with Crippen molar-refractivity contribution in [2.24, 2.45) is 7.05 Å². The SMILES string of the molecule is CCOC(=O)Cn1nc(C)c2c1OCCOC(C)c1c(cnn1C)-c1ccc3c(c1)c(nn3C1CCCCO1)C=C2. The van der Waals surface area contributed by atoms with E-state index in [4.69, 9.17) is 24.0 Å². The molecular formula is C30H36N6O5. The topological polar surface area (TPSA) is 107 Å². The first-order valence-electron chi connectivity index (χ1n) is 14.3. The lowest BCUT2D eigenvalue weighted by Gasteiger charge is -2.23. The number of hydrogen-bond donors (Lipinski definition) is 0. The molecule has 216 valence electrons. The van der Waals surface area contributed by atoms with Crippen LogP contribution in [0.1, 0.15) is 68.1 Å². The predicted octanol–water partition coefficient (Wildman–Crippen LogP) is 4.84. The number of aromatic nitrogens is 6. The normalized spacial score (nSPS) is 19.3. The zero-order chi connectivity index (χ0) is 28.5. The van der Waals surface area contributed by atoms with E-state index < -0.39 is 0 Å². The van der Waals surface area contributed by atoms with Crippen LogP contribution in [0.15, 0.2) is 24.4 Å². The number of nitrogens with zero attached hydrogens (tertiary/aromatic N) is 6. The molecule has 0 saturated carbocycles. The summed E-state index contributed by atoms with van der Waals surface area (Å²) in [6.45, 7) is 7.29. The lowest BCUT2D eigenvalue weighted by Crippen LogP contribution is -2.19. The van der Waals surface area contributed by atoms with Gasteiger partial charge in [0, 0.05) is 24.6 Å². The van der Waals surface area contributed by atoms with Crippen molar-refractivity contribution in [3.63, 3.8) is 0 Å². The fourth-order valence-corrected chi connectivity index (χ4v) is 5.70. The Kier molecular flexibility index (Phi) is 7.63. The Labute approximate surface area is 238 Å². The van der Waals surface area contributed by atoms with E-state index in [9.17, 15) is 4.79 Å². The second-order valence-corrected chi connectivity index (χ2v) is 10.4. The number of benzene rings is 1. The van der Waals surface area contributed by atoms with E-state index in [-0.39, 0.29) is 31.5 Å². The molecule has 11 heteroatoms. The van der Waals surface area contributed by atoms with Crippen molar-refractivity contribution in [2.75, 3.05) is 26.4 Å². The van der Waals surface area contributed by atoms with Crippen molar-refractivity contribution in [1.82, 2.24) is 29.3 Å². The number of carbonyl (C=O) groups excluding carboxylic acids is 1. The molecule has 1 aromatic carbocycles. The molecule has 2 aliphatic heterocycles. The molecule has 41 heavy (non-hydrogen) atoms.